The molecule has 0 aliphatic heterocycles. The van der Waals surface area contributed by atoms with Crippen LogP contribution in [0.2, 0.25) is 0 Å². The van der Waals surface area contributed by atoms with E-state index in [1.165, 1.54) is 50.5 Å². The molecule has 0 aromatic heterocycles. The maximum Gasteiger partial charge on any atom is 0.304 e. The van der Waals surface area contributed by atoms with Gasteiger partial charge in [0.1, 0.15) is 5.75 Å². The van der Waals surface area contributed by atoms with Gasteiger partial charge in [0.15, 0.2) is 0 Å². The van der Waals surface area contributed by atoms with Crippen molar-refractivity contribution in [3.63, 3.8) is 0 Å². The third kappa shape index (κ3) is 11.0. The maximum absolute atomic E-state index is 10.8. The number of aromatic hydroxyl groups is 1. The van der Waals surface area contributed by atoms with Crippen LogP contribution in [0, 0.1) is 0 Å². The summed E-state index contributed by atoms with van der Waals surface area (Å²) in [6.45, 7) is 8.73. The normalized spacial score (nSPS) is 11.7. The van der Waals surface area contributed by atoms with Crippen LogP contribution in [0.25, 0.3) is 0 Å². The number of carboxylic acids is 1. The van der Waals surface area contributed by atoms with Gasteiger partial charge in [-0.2, -0.15) is 11.8 Å². The topological polar surface area (TPSA) is 57.5 Å². The molecule has 0 radical (unpaired) electrons. The summed E-state index contributed by atoms with van der Waals surface area (Å²) >= 11 is 1.68. The molecule has 0 spiro atoms. The summed E-state index contributed by atoms with van der Waals surface area (Å²) in [5.74, 6) is 1.31. The van der Waals surface area contributed by atoms with Gasteiger partial charge in [0.05, 0.1) is 6.42 Å². The van der Waals surface area contributed by atoms with Crippen molar-refractivity contribution < 1.29 is 15.0 Å². The van der Waals surface area contributed by atoms with E-state index in [0.29, 0.717) is 11.5 Å². The van der Waals surface area contributed by atoms with Crippen molar-refractivity contribution in [2.24, 2.45) is 0 Å². The summed E-state index contributed by atoms with van der Waals surface area (Å²) in [6, 6.07) is 4.40. The third-order valence-electron chi connectivity index (χ3n) is 5.32. The molecule has 166 valence electrons. The molecule has 29 heavy (non-hydrogen) atoms. The number of aliphatic carboxylic acids is 1. The van der Waals surface area contributed by atoms with E-state index in [-0.39, 0.29) is 11.8 Å². The van der Waals surface area contributed by atoms with Crippen LogP contribution in [0.5, 0.6) is 5.75 Å². The number of hydrogen-bond acceptors (Lipinski definition) is 3. The monoisotopic (exact) mass is 422 g/mol. The summed E-state index contributed by atoms with van der Waals surface area (Å²) < 4.78 is 0. The molecule has 0 saturated carbocycles. The largest absolute Gasteiger partial charge is 0.507 e. The van der Waals surface area contributed by atoms with E-state index in [2.05, 4.69) is 39.8 Å². The molecule has 2 N–H and O–H groups in total. The van der Waals surface area contributed by atoms with E-state index in [0.717, 1.165) is 36.1 Å². The fraction of sp³-hybridized carbons (Fsp3) is 0.720. The summed E-state index contributed by atoms with van der Waals surface area (Å²) in [6.07, 6.45) is 12.3. The number of unbranched alkanes of at least 4 members (excludes halogenated alkanes) is 6. The smallest absolute Gasteiger partial charge is 0.304 e. The van der Waals surface area contributed by atoms with E-state index in [9.17, 15) is 9.90 Å². The number of carbonyl (C=O) groups is 1. The summed E-state index contributed by atoms with van der Waals surface area (Å²) in [4.78, 5) is 10.6. The lowest BCUT2D eigenvalue weighted by atomic mass is 9.83. The first-order chi connectivity index (χ1) is 13.8. The molecule has 0 amide bonds. The van der Waals surface area contributed by atoms with E-state index in [4.69, 9.17) is 5.11 Å². The molecule has 3 nitrogen and oxygen atoms in total. The van der Waals surface area contributed by atoms with Crippen molar-refractivity contribution in [3.8, 4) is 5.75 Å². The zero-order chi connectivity index (χ0) is 21.7. The zero-order valence-electron chi connectivity index (χ0n) is 19.1. The molecule has 0 aliphatic rings. The van der Waals surface area contributed by atoms with Crippen LogP contribution >= 0.6 is 11.8 Å². The quantitative estimate of drug-likeness (QED) is 0.295. The van der Waals surface area contributed by atoms with E-state index in [1.807, 2.05) is 0 Å². The molecule has 0 unspecified atom stereocenters. The molecule has 0 atom stereocenters. The van der Waals surface area contributed by atoms with Gasteiger partial charge in [-0.25, -0.2) is 0 Å². The molecule has 0 heterocycles. The molecule has 0 aliphatic carbocycles. The number of aryl methyl sites for hydroxylation is 2. The summed E-state index contributed by atoms with van der Waals surface area (Å²) in [7, 11) is 0. The van der Waals surface area contributed by atoms with Gasteiger partial charge in [0.25, 0.3) is 0 Å². The van der Waals surface area contributed by atoms with Gasteiger partial charge in [0.2, 0.25) is 0 Å². The minimum atomic E-state index is -0.733. The van der Waals surface area contributed by atoms with Gasteiger partial charge in [-0.15, -0.1) is 0 Å². The highest BCUT2D eigenvalue weighted by Crippen LogP contribution is 2.35. The van der Waals surface area contributed by atoms with Gasteiger partial charge in [0, 0.05) is 5.75 Å². The Hall–Kier alpha value is -1.16. The highest BCUT2D eigenvalue weighted by Gasteiger charge is 2.21. The SMILES string of the molecule is CCCCCCCCCc1cc(CCCSCCC(=O)O)c(O)c(C(C)(C)C)c1. The van der Waals surface area contributed by atoms with Gasteiger partial charge >= 0.3 is 5.97 Å². The van der Waals surface area contributed by atoms with Gasteiger partial charge in [-0.1, -0.05) is 78.4 Å². The van der Waals surface area contributed by atoms with E-state index in [1.54, 1.807) is 11.8 Å². The lowest BCUT2D eigenvalue weighted by molar-refractivity contribution is -0.136. The molecule has 1 aromatic carbocycles. The average molecular weight is 423 g/mol. The molecule has 0 saturated heterocycles. The van der Waals surface area contributed by atoms with Crippen LogP contribution in [0.15, 0.2) is 12.1 Å². The molecule has 1 aromatic rings. The highest BCUT2D eigenvalue weighted by molar-refractivity contribution is 7.99. The Labute approximate surface area is 182 Å². The van der Waals surface area contributed by atoms with Crippen LogP contribution in [-0.2, 0) is 23.1 Å². The Morgan fingerprint density at radius 1 is 0.931 bits per heavy atom. The Balaban J connectivity index is 2.62. The standard InChI is InChI=1S/C25H42O3S/c1-5-6-7-8-9-10-11-13-20-18-21(14-12-16-29-17-15-23(26)27)24(28)22(19-20)25(2,3)4/h18-19,28H,5-17H2,1-4H3,(H,26,27). The molecular weight excluding hydrogens is 380 g/mol. The second kappa shape index (κ2) is 14.0. The first-order valence-electron chi connectivity index (χ1n) is 11.4. The van der Waals surface area contributed by atoms with Crippen molar-refractivity contribution in [2.75, 3.05) is 11.5 Å². The van der Waals surface area contributed by atoms with Crippen LogP contribution in [0.4, 0.5) is 0 Å². The minimum absolute atomic E-state index is 0.0781. The molecule has 0 fully saturated rings. The number of carboxylic acid groups (broad SMARTS) is 1. The Kier molecular flexibility index (Phi) is 12.4. The Morgan fingerprint density at radius 2 is 1.59 bits per heavy atom. The number of phenolic OH excluding ortho intramolecular Hbond substituents is 1. The minimum Gasteiger partial charge on any atom is -0.507 e. The Morgan fingerprint density at radius 3 is 2.21 bits per heavy atom. The van der Waals surface area contributed by atoms with E-state index >= 15 is 0 Å². The van der Waals surface area contributed by atoms with Crippen LogP contribution in [0.3, 0.4) is 0 Å². The third-order valence-corrected chi connectivity index (χ3v) is 6.39. The molecule has 1 rings (SSSR count). The second-order valence-electron chi connectivity index (χ2n) is 9.13. The zero-order valence-corrected chi connectivity index (χ0v) is 19.9. The average Bonchev–Trinajstić information content (AvgIpc) is 2.64. The van der Waals surface area contributed by atoms with Crippen molar-refractivity contribution in [1.29, 1.82) is 0 Å². The Bertz CT molecular complexity index is 605. The fourth-order valence-electron chi connectivity index (χ4n) is 3.58. The predicted molar refractivity (Wildman–Crippen MR) is 126 cm³/mol. The highest BCUT2D eigenvalue weighted by atomic mass is 32.2. The van der Waals surface area contributed by atoms with Crippen molar-refractivity contribution in [3.05, 3.63) is 28.8 Å². The van der Waals surface area contributed by atoms with Gasteiger partial charge in [-0.3, -0.25) is 4.79 Å². The van der Waals surface area contributed by atoms with Crippen molar-refractivity contribution >= 4 is 17.7 Å². The first kappa shape index (κ1) is 25.9. The number of phenols is 1. The van der Waals surface area contributed by atoms with Crippen LogP contribution < -0.4 is 0 Å². The van der Waals surface area contributed by atoms with Crippen molar-refractivity contribution in [2.45, 2.75) is 104 Å². The maximum atomic E-state index is 10.8. The molecule has 0 bridgehead atoms. The van der Waals surface area contributed by atoms with Crippen molar-refractivity contribution in [1.82, 2.24) is 0 Å². The number of rotatable bonds is 15. The summed E-state index contributed by atoms with van der Waals surface area (Å²) in [5.41, 5.74) is 3.36. The molecule has 4 heteroatoms. The number of benzene rings is 1. The van der Waals surface area contributed by atoms with Crippen LogP contribution in [0.1, 0.15) is 102 Å². The lowest BCUT2D eigenvalue weighted by Gasteiger charge is -2.23. The van der Waals surface area contributed by atoms with Gasteiger partial charge in [-0.05, 0) is 53.5 Å². The first-order valence-corrected chi connectivity index (χ1v) is 12.6. The summed E-state index contributed by atoms with van der Waals surface area (Å²) in [5, 5.41) is 19.5. The number of hydrogen-bond donors (Lipinski definition) is 2. The van der Waals surface area contributed by atoms with E-state index < -0.39 is 5.97 Å². The lowest BCUT2D eigenvalue weighted by Crippen LogP contribution is -2.13. The number of thioether (sulfide) groups is 1. The predicted octanol–water partition coefficient (Wildman–Crippen LogP) is 7.12. The molecular formula is C25H42O3S. The van der Waals surface area contributed by atoms with Gasteiger partial charge < -0.3 is 10.2 Å². The second-order valence-corrected chi connectivity index (χ2v) is 10.4. The fourth-order valence-corrected chi connectivity index (χ4v) is 4.45. The van der Waals surface area contributed by atoms with Crippen LogP contribution in [-0.4, -0.2) is 27.7 Å².